The predicted octanol–water partition coefficient (Wildman–Crippen LogP) is -2.01. The smallest absolute Gasteiger partial charge is 0.262 e. The van der Waals surface area contributed by atoms with Crippen molar-refractivity contribution in [1.82, 2.24) is 5.16 Å². The summed E-state index contributed by atoms with van der Waals surface area (Å²) < 4.78 is 10.3. The summed E-state index contributed by atoms with van der Waals surface area (Å²) in [6, 6.07) is 0. The zero-order valence-corrected chi connectivity index (χ0v) is 10.6. The number of aryl methyl sites for hydroxylation is 1. The van der Waals surface area contributed by atoms with Crippen molar-refractivity contribution in [3.63, 3.8) is 0 Å². The van der Waals surface area contributed by atoms with Crippen LogP contribution in [0.3, 0.4) is 0 Å². The summed E-state index contributed by atoms with van der Waals surface area (Å²) in [5, 5.41) is 3.86. The van der Waals surface area contributed by atoms with Crippen LogP contribution in [0.5, 0.6) is 5.88 Å². The number of nitrogens with zero attached hydrogens (tertiary/aromatic N) is 1. The fourth-order valence-corrected chi connectivity index (χ4v) is 2.87. The summed E-state index contributed by atoms with van der Waals surface area (Å²) in [4.78, 5) is 0. The van der Waals surface area contributed by atoms with Gasteiger partial charge in [-0.2, -0.15) is 0 Å². The van der Waals surface area contributed by atoms with Gasteiger partial charge in [0.05, 0.1) is 19.8 Å². The van der Waals surface area contributed by atoms with Crippen molar-refractivity contribution in [2.45, 2.75) is 12.2 Å². The van der Waals surface area contributed by atoms with Gasteiger partial charge in [0.1, 0.15) is 17.1 Å². The van der Waals surface area contributed by atoms with E-state index in [-0.39, 0.29) is 24.0 Å². The molecule has 0 amide bonds. The summed E-state index contributed by atoms with van der Waals surface area (Å²) in [6.45, 7) is 0. The summed E-state index contributed by atoms with van der Waals surface area (Å²) in [5.41, 5.74) is 1.19. The average molecular weight is 313 g/mol. The molecule has 0 aliphatic carbocycles. The molecule has 1 aliphatic rings. The van der Waals surface area contributed by atoms with Gasteiger partial charge in [0.2, 0.25) is 0 Å². The van der Waals surface area contributed by atoms with Gasteiger partial charge in [0, 0.05) is 0 Å². The Kier molecular flexibility index (Phi) is 3.90. The Bertz CT molecular complexity index is 276. The lowest BCUT2D eigenvalue weighted by Crippen LogP contribution is -3.00. The largest absolute Gasteiger partial charge is 1.00 e. The molecule has 1 aliphatic heterocycles. The molecule has 1 unspecified atom stereocenters. The van der Waals surface area contributed by atoms with E-state index in [9.17, 15) is 0 Å². The van der Waals surface area contributed by atoms with E-state index in [0.717, 1.165) is 17.9 Å². The van der Waals surface area contributed by atoms with Crippen molar-refractivity contribution >= 4 is 10.9 Å². The van der Waals surface area contributed by atoms with Gasteiger partial charge in [-0.05, 0) is 16.1 Å². The lowest BCUT2D eigenvalue weighted by Gasteiger charge is -2.08. The maximum Gasteiger partial charge on any atom is 0.262 e. The van der Waals surface area contributed by atoms with E-state index < -0.39 is 0 Å². The van der Waals surface area contributed by atoms with E-state index in [0.29, 0.717) is 16.8 Å². The molecule has 0 spiro atoms. The van der Waals surface area contributed by atoms with E-state index in [4.69, 9.17) is 9.26 Å². The normalized spacial score (nSPS) is 20.3. The monoisotopic (exact) mass is 313 g/mol. The number of hydrogen-bond donors (Lipinski definition) is 0. The molecule has 13 heavy (non-hydrogen) atoms. The Morgan fingerprint density at radius 3 is 3.00 bits per heavy atom. The second-order valence-electron chi connectivity index (χ2n) is 2.97. The molecule has 0 bridgehead atoms. The van der Waals surface area contributed by atoms with E-state index in [2.05, 4.69) is 11.4 Å². The molecule has 0 radical (unpaired) electrons. The average Bonchev–Trinajstić information content (AvgIpc) is 2.46. The van der Waals surface area contributed by atoms with Crippen LogP contribution in [-0.4, -0.2) is 24.3 Å². The maximum absolute atomic E-state index is 5.16. The molecule has 1 aromatic heterocycles. The van der Waals surface area contributed by atoms with Crippen LogP contribution in [0.25, 0.3) is 0 Å². The van der Waals surface area contributed by atoms with Gasteiger partial charge in [0.15, 0.2) is 5.76 Å². The molecule has 1 aromatic rings. The van der Waals surface area contributed by atoms with E-state index in [1.54, 1.807) is 7.11 Å². The van der Waals surface area contributed by atoms with Crippen LogP contribution in [0.15, 0.2) is 4.52 Å². The molecule has 74 valence electrons. The Labute approximate surface area is 97.6 Å². The minimum atomic E-state index is 0. The number of methoxy groups -OCH3 is 1. The van der Waals surface area contributed by atoms with Crippen molar-refractivity contribution in [3.8, 4) is 5.88 Å². The number of halogens is 1. The standard InChI is InChI=1S/C8H12NO2S.HI/c1-10-8-6-5-12(2)4-3-7(6)11-9-8;/h3-5H2,1-2H3;1H/q+1;/p-1. The summed E-state index contributed by atoms with van der Waals surface area (Å²) in [6.07, 6.45) is 3.29. The first-order chi connectivity index (χ1) is 5.81. The summed E-state index contributed by atoms with van der Waals surface area (Å²) in [7, 11) is 2.12. The molecule has 3 nitrogen and oxygen atoms in total. The van der Waals surface area contributed by atoms with Crippen LogP contribution in [0, 0.1) is 0 Å². The Morgan fingerprint density at radius 2 is 2.31 bits per heavy atom. The van der Waals surface area contributed by atoms with Gasteiger partial charge in [-0.15, -0.1) is 0 Å². The molecular formula is C8H12INO2S. The lowest BCUT2D eigenvalue weighted by molar-refractivity contribution is -0.00000326. The fraction of sp³-hybridized carbons (Fsp3) is 0.625. The summed E-state index contributed by atoms with van der Waals surface area (Å²) >= 11 is 0. The van der Waals surface area contributed by atoms with Gasteiger partial charge in [-0.3, -0.25) is 0 Å². The molecule has 5 heteroatoms. The Hall–Kier alpha value is 0.0900. The van der Waals surface area contributed by atoms with Gasteiger partial charge in [0.25, 0.3) is 5.88 Å². The number of fused-ring (bicyclic) bond motifs is 1. The first-order valence-electron chi connectivity index (χ1n) is 3.92. The van der Waals surface area contributed by atoms with E-state index in [1.807, 2.05) is 0 Å². The Morgan fingerprint density at radius 1 is 1.54 bits per heavy atom. The van der Waals surface area contributed by atoms with E-state index in [1.165, 1.54) is 11.3 Å². The van der Waals surface area contributed by atoms with Gasteiger partial charge in [-0.25, -0.2) is 0 Å². The quantitative estimate of drug-likeness (QED) is 0.444. The highest BCUT2D eigenvalue weighted by Crippen LogP contribution is 2.28. The predicted molar refractivity (Wildman–Crippen MR) is 48.6 cm³/mol. The second kappa shape index (κ2) is 4.54. The third kappa shape index (κ3) is 2.12. The van der Waals surface area contributed by atoms with Crippen molar-refractivity contribution in [2.75, 3.05) is 19.1 Å². The van der Waals surface area contributed by atoms with Crippen LogP contribution in [-0.2, 0) is 23.1 Å². The molecule has 0 fully saturated rings. The number of aromatic nitrogens is 1. The van der Waals surface area contributed by atoms with Crippen LogP contribution in [0.4, 0.5) is 0 Å². The van der Waals surface area contributed by atoms with Gasteiger partial charge in [-0.1, -0.05) is 0 Å². The van der Waals surface area contributed by atoms with Crippen molar-refractivity contribution in [2.24, 2.45) is 0 Å². The minimum Gasteiger partial charge on any atom is -1.00 e. The highest BCUT2D eigenvalue weighted by Gasteiger charge is 2.29. The van der Waals surface area contributed by atoms with Crippen molar-refractivity contribution in [1.29, 1.82) is 0 Å². The second-order valence-corrected chi connectivity index (χ2v) is 5.23. The molecule has 2 rings (SSSR count). The third-order valence-electron chi connectivity index (χ3n) is 2.10. The minimum absolute atomic E-state index is 0. The first kappa shape index (κ1) is 11.2. The molecule has 1 atom stereocenters. The molecule has 0 saturated heterocycles. The van der Waals surface area contributed by atoms with Crippen LogP contribution in [0.2, 0.25) is 0 Å². The van der Waals surface area contributed by atoms with Crippen LogP contribution in [0.1, 0.15) is 11.3 Å². The zero-order valence-electron chi connectivity index (χ0n) is 7.67. The molecular weight excluding hydrogens is 301 g/mol. The number of ether oxygens (including phenoxy) is 1. The first-order valence-corrected chi connectivity index (χ1v) is 5.89. The van der Waals surface area contributed by atoms with Crippen molar-refractivity contribution in [3.05, 3.63) is 11.3 Å². The van der Waals surface area contributed by atoms with Gasteiger partial charge < -0.3 is 33.2 Å². The van der Waals surface area contributed by atoms with Crippen LogP contribution >= 0.6 is 0 Å². The molecule has 0 N–H and O–H groups in total. The lowest BCUT2D eigenvalue weighted by atomic mass is 10.2. The summed E-state index contributed by atoms with van der Waals surface area (Å²) in [5.74, 6) is 4.01. The zero-order chi connectivity index (χ0) is 8.55. The van der Waals surface area contributed by atoms with Crippen molar-refractivity contribution < 1.29 is 33.2 Å². The topological polar surface area (TPSA) is 35.3 Å². The van der Waals surface area contributed by atoms with Gasteiger partial charge >= 0.3 is 0 Å². The Balaban J connectivity index is 0.000000845. The molecule has 2 heterocycles. The number of hydrogen-bond acceptors (Lipinski definition) is 3. The highest BCUT2D eigenvalue weighted by atomic mass is 127. The SMILES string of the molecule is COc1noc2c1C[S+](C)CC2.[I-]. The molecule has 0 aromatic carbocycles. The van der Waals surface area contributed by atoms with E-state index >= 15 is 0 Å². The molecule has 0 saturated carbocycles. The third-order valence-corrected chi connectivity index (χ3v) is 3.78. The number of rotatable bonds is 1. The van der Waals surface area contributed by atoms with Crippen LogP contribution < -0.4 is 28.7 Å². The fourth-order valence-electron chi connectivity index (χ4n) is 1.41. The highest BCUT2D eigenvalue weighted by molar-refractivity contribution is 7.95. The maximum atomic E-state index is 5.16.